The van der Waals surface area contributed by atoms with Crippen LogP contribution >= 0.6 is 11.6 Å². The summed E-state index contributed by atoms with van der Waals surface area (Å²) >= 11 is 6.02. The maximum Gasteiger partial charge on any atom is 0.292 e. The Labute approximate surface area is 127 Å². The van der Waals surface area contributed by atoms with E-state index in [4.69, 9.17) is 22.8 Å². The topological polar surface area (TPSA) is 56.1 Å². The van der Waals surface area contributed by atoms with Gasteiger partial charge in [0.15, 0.2) is 0 Å². The summed E-state index contributed by atoms with van der Waals surface area (Å²) in [7, 11) is 1.60. The van der Waals surface area contributed by atoms with Crippen molar-refractivity contribution in [2.45, 2.75) is 13.1 Å². The van der Waals surface area contributed by atoms with Crippen molar-refractivity contribution in [3.05, 3.63) is 51.4 Å². The molecule has 0 atom stereocenters. The zero-order valence-corrected chi connectivity index (χ0v) is 12.2. The summed E-state index contributed by atoms with van der Waals surface area (Å²) in [6, 6.07) is 7.52. The van der Waals surface area contributed by atoms with E-state index < -0.39 is 0 Å². The predicted octanol–water partition coefficient (Wildman–Crippen LogP) is 2.15. The van der Waals surface area contributed by atoms with E-state index in [1.165, 1.54) is 10.9 Å². The Morgan fingerprint density at radius 2 is 2.24 bits per heavy atom. The number of ether oxygens (including phenoxy) is 1. The minimum atomic E-state index is -0.352. The van der Waals surface area contributed by atoms with Crippen LogP contribution in [-0.4, -0.2) is 16.9 Å². The fourth-order valence-corrected chi connectivity index (χ4v) is 2.05. The molecule has 21 heavy (non-hydrogen) atoms. The van der Waals surface area contributed by atoms with E-state index in [0.29, 0.717) is 6.54 Å². The number of benzene rings is 1. The Kier molecular flexibility index (Phi) is 4.85. The summed E-state index contributed by atoms with van der Waals surface area (Å²) in [6.45, 7) is 0.498. The van der Waals surface area contributed by atoms with E-state index in [0.717, 1.165) is 11.3 Å². The lowest BCUT2D eigenvalue weighted by Crippen LogP contribution is -2.25. The number of terminal acetylenes is 1. The number of methoxy groups -OCH3 is 1. The highest BCUT2D eigenvalue weighted by Gasteiger charge is 2.10. The van der Waals surface area contributed by atoms with Gasteiger partial charge in [-0.05, 0) is 6.07 Å². The average molecular weight is 304 g/mol. The highest BCUT2D eigenvalue weighted by molar-refractivity contribution is 6.32. The second kappa shape index (κ2) is 6.82. The van der Waals surface area contributed by atoms with Crippen LogP contribution in [0, 0.1) is 12.3 Å². The van der Waals surface area contributed by atoms with Crippen LogP contribution in [0.25, 0.3) is 0 Å². The third kappa shape index (κ3) is 3.36. The third-order valence-corrected chi connectivity index (χ3v) is 3.17. The standard InChI is InChI=1S/C15H14ClN3O2/c1-3-8-19-15(20)14(12(16)10-18-19)17-9-11-6-4-5-7-13(11)21-2/h1,4-7,10,17H,8-9H2,2H3. The van der Waals surface area contributed by atoms with Crippen LogP contribution in [0.1, 0.15) is 5.56 Å². The summed E-state index contributed by atoms with van der Waals surface area (Å²) < 4.78 is 6.44. The number of hydrogen-bond donors (Lipinski definition) is 1. The van der Waals surface area contributed by atoms with Crippen molar-refractivity contribution in [1.29, 1.82) is 0 Å². The van der Waals surface area contributed by atoms with Crippen molar-refractivity contribution < 1.29 is 4.74 Å². The molecule has 0 fully saturated rings. The second-order valence-corrected chi connectivity index (χ2v) is 4.61. The first-order valence-electron chi connectivity index (χ1n) is 6.22. The molecule has 0 aliphatic carbocycles. The van der Waals surface area contributed by atoms with Gasteiger partial charge in [0, 0.05) is 12.1 Å². The van der Waals surface area contributed by atoms with Crippen LogP contribution in [0.3, 0.4) is 0 Å². The molecule has 0 radical (unpaired) electrons. The van der Waals surface area contributed by atoms with Crippen LogP contribution in [0.15, 0.2) is 35.3 Å². The van der Waals surface area contributed by atoms with Gasteiger partial charge in [-0.3, -0.25) is 4.79 Å². The van der Waals surface area contributed by atoms with E-state index in [-0.39, 0.29) is 22.8 Å². The fourth-order valence-electron chi connectivity index (χ4n) is 1.86. The van der Waals surface area contributed by atoms with Gasteiger partial charge < -0.3 is 10.1 Å². The van der Waals surface area contributed by atoms with Gasteiger partial charge in [0.25, 0.3) is 5.56 Å². The largest absolute Gasteiger partial charge is 0.496 e. The van der Waals surface area contributed by atoms with E-state index >= 15 is 0 Å². The molecule has 108 valence electrons. The van der Waals surface area contributed by atoms with E-state index in [1.54, 1.807) is 7.11 Å². The summed E-state index contributed by atoms with van der Waals surface area (Å²) in [5, 5.41) is 7.15. The van der Waals surface area contributed by atoms with Crippen LogP contribution in [0.5, 0.6) is 5.75 Å². The number of halogens is 1. The molecule has 0 bridgehead atoms. The highest BCUT2D eigenvalue weighted by atomic mass is 35.5. The van der Waals surface area contributed by atoms with Crippen molar-refractivity contribution in [2.24, 2.45) is 0 Å². The first kappa shape index (κ1) is 14.9. The lowest BCUT2D eigenvalue weighted by molar-refractivity contribution is 0.410. The number of aromatic nitrogens is 2. The minimum absolute atomic E-state index is 0.0966. The van der Waals surface area contributed by atoms with Crippen molar-refractivity contribution in [1.82, 2.24) is 9.78 Å². The molecule has 2 rings (SSSR count). The zero-order valence-electron chi connectivity index (χ0n) is 11.5. The maximum atomic E-state index is 12.2. The summed E-state index contributed by atoms with van der Waals surface area (Å²) in [5.41, 5.74) is 0.832. The van der Waals surface area contributed by atoms with Crippen LogP contribution in [0.2, 0.25) is 5.02 Å². The predicted molar refractivity (Wildman–Crippen MR) is 82.7 cm³/mol. The Bertz CT molecular complexity index is 734. The lowest BCUT2D eigenvalue weighted by Gasteiger charge is -2.11. The van der Waals surface area contributed by atoms with Crippen molar-refractivity contribution in [3.63, 3.8) is 0 Å². The number of nitrogens with one attached hydrogen (secondary N) is 1. The molecule has 6 heteroatoms. The van der Waals surface area contributed by atoms with Crippen LogP contribution in [0.4, 0.5) is 5.69 Å². The Morgan fingerprint density at radius 1 is 1.48 bits per heavy atom. The van der Waals surface area contributed by atoms with Crippen molar-refractivity contribution in [3.8, 4) is 18.1 Å². The number of anilines is 1. The molecule has 1 aromatic heterocycles. The first-order chi connectivity index (χ1) is 10.2. The van der Waals surface area contributed by atoms with Gasteiger partial charge in [-0.15, -0.1) is 6.42 Å². The molecule has 2 aromatic rings. The molecule has 0 saturated carbocycles. The molecular formula is C15H14ClN3O2. The number of hydrogen-bond acceptors (Lipinski definition) is 4. The van der Waals surface area contributed by atoms with Gasteiger partial charge in [0.1, 0.15) is 18.0 Å². The van der Waals surface area contributed by atoms with Crippen molar-refractivity contribution >= 4 is 17.3 Å². The smallest absolute Gasteiger partial charge is 0.292 e. The van der Waals surface area contributed by atoms with Gasteiger partial charge in [-0.2, -0.15) is 5.10 Å². The quantitative estimate of drug-likeness (QED) is 0.860. The molecule has 0 amide bonds. The highest BCUT2D eigenvalue weighted by Crippen LogP contribution is 2.20. The van der Waals surface area contributed by atoms with Gasteiger partial charge in [0.05, 0.1) is 18.3 Å². The second-order valence-electron chi connectivity index (χ2n) is 4.20. The Balaban J connectivity index is 2.26. The Hall–Kier alpha value is -2.45. The molecule has 1 aromatic carbocycles. The monoisotopic (exact) mass is 303 g/mol. The van der Waals surface area contributed by atoms with Crippen molar-refractivity contribution in [2.75, 3.05) is 12.4 Å². The molecule has 0 aliphatic heterocycles. The van der Waals surface area contributed by atoms with E-state index in [1.807, 2.05) is 24.3 Å². The molecule has 1 N–H and O–H groups in total. The summed E-state index contributed by atoms with van der Waals surface area (Å²) in [4.78, 5) is 12.2. The minimum Gasteiger partial charge on any atom is -0.496 e. The van der Waals surface area contributed by atoms with Gasteiger partial charge >= 0.3 is 0 Å². The number of nitrogens with zero attached hydrogens (tertiary/aromatic N) is 2. The molecule has 0 aliphatic rings. The number of para-hydroxylation sites is 1. The molecule has 0 spiro atoms. The molecule has 0 saturated heterocycles. The summed E-state index contributed by atoms with van der Waals surface area (Å²) in [5.74, 6) is 3.11. The van der Waals surface area contributed by atoms with E-state index in [9.17, 15) is 4.79 Å². The summed E-state index contributed by atoms with van der Waals surface area (Å²) in [6.07, 6.45) is 6.59. The SMILES string of the molecule is C#CCn1ncc(Cl)c(NCc2ccccc2OC)c1=O. The molecule has 5 nitrogen and oxygen atoms in total. The molecule has 0 unspecified atom stereocenters. The van der Waals surface area contributed by atoms with Crippen LogP contribution in [-0.2, 0) is 13.1 Å². The fraction of sp³-hybridized carbons (Fsp3) is 0.200. The maximum absolute atomic E-state index is 12.2. The van der Waals surface area contributed by atoms with Gasteiger partial charge in [-0.25, -0.2) is 4.68 Å². The van der Waals surface area contributed by atoms with Gasteiger partial charge in [0.2, 0.25) is 0 Å². The molecule has 1 heterocycles. The normalized spacial score (nSPS) is 9.95. The third-order valence-electron chi connectivity index (χ3n) is 2.89. The Morgan fingerprint density at radius 3 is 2.95 bits per heavy atom. The van der Waals surface area contributed by atoms with Gasteiger partial charge in [-0.1, -0.05) is 35.7 Å². The van der Waals surface area contributed by atoms with E-state index in [2.05, 4.69) is 16.3 Å². The zero-order chi connectivity index (χ0) is 15.2. The van der Waals surface area contributed by atoms with Crippen LogP contribution < -0.4 is 15.6 Å². The lowest BCUT2D eigenvalue weighted by atomic mass is 10.2. The molecular weight excluding hydrogens is 290 g/mol. The number of rotatable bonds is 5. The first-order valence-corrected chi connectivity index (χ1v) is 6.60. The average Bonchev–Trinajstić information content (AvgIpc) is 2.50.